The molecule has 1 unspecified atom stereocenters. The van der Waals surface area contributed by atoms with Gasteiger partial charge in [-0.15, -0.1) is 0 Å². The van der Waals surface area contributed by atoms with Crippen molar-refractivity contribution in [2.45, 2.75) is 64.0 Å². The van der Waals surface area contributed by atoms with Crippen LogP contribution >= 0.6 is 0 Å². The van der Waals surface area contributed by atoms with E-state index < -0.39 is 11.5 Å². The molecule has 1 saturated carbocycles. The molecule has 0 bridgehead atoms. The molecule has 19 heavy (non-hydrogen) atoms. The number of likely N-dealkylation sites (tertiary alicyclic amines) is 1. The summed E-state index contributed by atoms with van der Waals surface area (Å²) in [6, 6.07) is 0.0430. The lowest BCUT2D eigenvalue weighted by molar-refractivity contribution is -0.148. The average molecular weight is 268 g/mol. The summed E-state index contributed by atoms with van der Waals surface area (Å²) in [5.41, 5.74) is -0.978. The molecule has 5 heteroatoms. The number of nitrogens with zero attached hydrogens (tertiary/aromatic N) is 1. The molecule has 1 heterocycles. The summed E-state index contributed by atoms with van der Waals surface area (Å²) in [7, 11) is 0. The summed E-state index contributed by atoms with van der Waals surface area (Å²) < 4.78 is 0. The number of amides is 2. The standard InChI is InChI=1S/C14H24N2O3/c1-3-5-14(12(17)18)6-4-7-16(14)13(19)15-11-8-10(2)9-11/h10-11H,3-9H2,1-2H3,(H,15,19)(H,17,18). The van der Waals surface area contributed by atoms with Gasteiger partial charge in [-0.2, -0.15) is 0 Å². The highest BCUT2D eigenvalue weighted by molar-refractivity contribution is 5.87. The SMILES string of the molecule is CCCC1(C(=O)O)CCCN1C(=O)NC1CC(C)C1. The fraction of sp³-hybridized carbons (Fsp3) is 0.857. The Morgan fingerprint density at radius 2 is 2.11 bits per heavy atom. The smallest absolute Gasteiger partial charge is 0.329 e. The van der Waals surface area contributed by atoms with E-state index in [-0.39, 0.29) is 12.1 Å². The highest BCUT2D eigenvalue weighted by Gasteiger charge is 2.49. The summed E-state index contributed by atoms with van der Waals surface area (Å²) in [4.78, 5) is 25.5. The topological polar surface area (TPSA) is 69.6 Å². The van der Waals surface area contributed by atoms with E-state index in [4.69, 9.17) is 0 Å². The highest BCUT2D eigenvalue weighted by atomic mass is 16.4. The molecule has 0 aromatic carbocycles. The van der Waals surface area contributed by atoms with E-state index in [9.17, 15) is 14.7 Å². The molecular weight excluding hydrogens is 244 g/mol. The first-order chi connectivity index (χ1) is 8.99. The van der Waals surface area contributed by atoms with Crippen LogP contribution in [0.3, 0.4) is 0 Å². The lowest BCUT2D eigenvalue weighted by Gasteiger charge is -2.39. The monoisotopic (exact) mass is 268 g/mol. The third kappa shape index (κ3) is 2.55. The maximum atomic E-state index is 12.3. The molecule has 1 aliphatic carbocycles. The summed E-state index contributed by atoms with van der Waals surface area (Å²) in [5, 5.41) is 12.5. The van der Waals surface area contributed by atoms with Crippen molar-refractivity contribution in [2.75, 3.05) is 6.54 Å². The van der Waals surface area contributed by atoms with E-state index >= 15 is 0 Å². The highest BCUT2D eigenvalue weighted by Crippen LogP contribution is 2.35. The number of hydrogen-bond donors (Lipinski definition) is 2. The largest absolute Gasteiger partial charge is 0.479 e. The predicted octanol–water partition coefficient (Wildman–Crippen LogP) is 2.21. The van der Waals surface area contributed by atoms with Gasteiger partial charge >= 0.3 is 12.0 Å². The van der Waals surface area contributed by atoms with Gasteiger partial charge in [0.2, 0.25) is 0 Å². The number of aliphatic carboxylic acids is 1. The third-order valence-electron chi connectivity index (χ3n) is 4.50. The predicted molar refractivity (Wildman–Crippen MR) is 71.9 cm³/mol. The van der Waals surface area contributed by atoms with Gasteiger partial charge in [-0.3, -0.25) is 0 Å². The van der Waals surface area contributed by atoms with Gasteiger partial charge in [-0.05, 0) is 38.0 Å². The second-order valence-corrected chi connectivity index (χ2v) is 6.06. The van der Waals surface area contributed by atoms with Crippen molar-refractivity contribution in [3.63, 3.8) is 0 Å². The van der Waals surface area contributed by atoms with Gasteiger partial charge in [0.15, 0.2) is 0 Å². The summed E-state index contributed by atoms with van der Waals surface area (Å²) in [6.07, 6.45) is 4.68. The van der Waals surface area contributed by atoms with Crippen LogP contribution in [0.1, 0.15) is 52.4 Å². The number of rotatable bonds is 4. The number of hydrogen-bond acceptors (Lipinski definition) is 2. The van der Waals surface area contributed by atoms with E-state index in [1.165, 1.54) is 0 Å². The molecule has 0 radical (unpaired) electrons. The van der Waals surface area contributed by atoms with E-state index in [1.807, 2.05) is 6.92 Å². The molecule has 0 aromatic rings. The number of carbonyl (C=O) groups is 2. The van der Waals surface area contributed by atoms with Crippen molar-refractivity contribution in [1.29, 1.82) is 0 Å². The summed E-state index contributed by atoms with van der Waals surface area (Å²) in [6.45, 7) is 4.68. The Balaban J connectivity index is 2.04. The van der Waals surface area contributed by atoms with Crippen molar-refractivity contribution in [3.05, 3.63) is 0 Å². The lowest BCUT2D eigenvalue weighted by Crippen LogP contribution is -2.58. The minimum Gasteiger partial charge on any atom is -0.479 e. The quantitative estimate of drug-likeness (QED) is 0.821. The second-order valence-electron chi connectivity index (χ2n) is 6.06. The van der Waals surface area contributed by atoms with Crippen LogP contribution in [-0.4, -0.2) is 40.1 Å². The third-order valence-corrected chi connectivity index (χ3v) is 4.50. The Morgan fingerprint density at radius 1 is 1.42 bits per heavy atom. The Kier molecular flexibility index (Phi) is 4.02. The molecule has 1 atom stereocenters. The number of nitrogens with one attached hydrogen (secondary N) is 1. The van der Waals surface area contributed by atoms with E-state index in [0.29, 0.717) is 25.3 Å². The van der Waals surface area contributed by atoms with E-state index in [2.05, 4.69) is 12.2 Å². The molecule has 2 fully saturated rings. The van der Waals surface area contributed by atoms with Gasteiger partial charge in [-0.25, -0.2) is 9.59 Å². The molecule has 2 aliphatic rings. The lowest BCUT2D eigenvalue weighted by atomic mass is 9.82. The first-order valence-electron chi connectivity index (χ1n) is 7.31. The molecule has 2 amide bonds. The average Bonchev–Trinajstić information content (AvgIpc) is 2.72. The zero-order valence-corrected chi connectivity index (χ0v) is 11.8. The van der Waals surface area contributed by atoms with Crippen molar-refractivity contribution >= 4 is 12.0 Å². The molecular formula is C14H24N2O3. The van der Waals surface area contributed by atoms with Gasteiger partial charge in [-0.1, -0.05) is 20.3 Å². The first-order valence-corrected chi connectivity index (χ1v) is 7.31. The Morgan fingerprint density at radius 3 is 2.63 bits per heavy atom. The van der Waals surface area contributed by atoms with Crippen LogP contribution in [-0.2, 0) is 4.79 Å². The molecule has 1 aliphatic heterocycles. The summed E-state index contributed by atoms with van der Waals surface area (Å²) in [5.74, 6) is -0.187. The molecule has 2 rings (SSSR count). The maximum Gasteiger partial charge on any atom is 0.329 e. The van der Waals surface area contributed by atoms with Crippen LogP contribution in [0, 0.1) is 5.92 Å². The van der Waals surface area contributed by atoms with E-state index in [0.717, 1.165) is 25.7 Å². The first kappa shape index (κ1) is 14.2. The summed E-state index contributed by atoms with van der Waals surface area (Å²) >= 11 is 0. The van der Waals surface area contributed by atoms with Gasteiger partial charge in [0, 0.05) is 12.6 Å². The molecule has 0 aromatic heterocycles. The van der Waals surface area contributed by atoms with Gasteiger partial charge in [0.05, 0.1) is 0 Å². The molecule has 2 N–H and O–H groups in total. The Bertz CT molecular complexity index is 366. The zero-order valence-electron chi connectivity index (χ0n) is 11.8. The molecule has 1 saturated heterocycles. The molecule has 0 spiro atoms. The zero-order chi connectivity index (χ0) is 14.0. The van der Waals surface area contributed by atoms with Crippen LogP contribution in [0.5, 0.6) is 0 Å². The van der Waals surface area contributed by atoms with Crippen molar-refractivity contribution in [1.82, 2.24) is 10.2 Å². The minimum absolute atomic E-state index is 0.190. The van der Waals surface area contributed by atoms with Crippen LogP contribution in [0.15, 0.2) is 0 Å². The van der Waals surface area contributed by atoms with Crippen molar-refractivity contribution in [2.24, 2.45) is 5.92 Å². The van der Waals surface area contributed by atoms with Gasteiger partial charge in [0.25, 0.3) is 0 Å². The van der Waals surface area contributed by atoms with E-state index in [1.54, 1.807) is 4.90 Å². The van der Waals surface area contributed by atoms with Crippen LogP contribution in [0.4, 0.5) is 4.79 Å². The van der Waals surface area contributed by atoms with Gasteiger partial charge < -0.3 is 15.3 Å². The fourth-order valence-corrected chi connectivity index (χ4v) is 3.45. The van der Waals surface area contributed by atoms with Crippen LogP contribution in [0.25, 0.3) is 0 Å². The van der Waals surface area contributed by atoms with Crippen molar-refractivity contribution in [3.8, 4) is 0 Å². The van der Waals surface area contributed by atoms with Crippen molar-refractivity contribution < 1.29 is 14.7 Å². The minimum atomic E-state index is -0.978. The Labute approximate surface area is 114 Å². The fourth-order valence-electron chi connectivity index (χ4n) is 3.45. The normalized spacial score (nSPS) is 33.9. The number of carboxylic acid groups (broad SMARTS) is 1. The van der Waals surface area contributed by atoms with Crippen LogP contribution < -0.4 is 5.32 Å². The number of urea groups is 1. The number of carbonyl (C=O) groups excluding carboxylic acids is 1. The Hall–Kier alpha value is -1.26. The molecule has 108 valence electrons. The maximum absolute atomic E-state index is 12.3. The van der Waals surface area contributed by atoms with Crippen LogP contribution in [0.2, 0.25) is 0 Å². The number of carboxylic acids is 1. The second kappa shape index (κ2) is 5.39. The molecule has 5 nitrogen and oxygen atoms in total. The van der Waals surface area contributed by atoms with Gasteiger partial charge in [0.1, 0.15) is 5.54 Å².